The van der Waals surface area contributed by atoms with Gasteiger partial charge in [-0.25, -0.2) is 4.98 Å². The van der Waals surface area contributed by atoms with E-state index < -0.39 is 17.8 Å². The van der Waals surface area contributed by atoms with Gasteiger partial charge >= 0.3 is 5.97 Å². The number of rotatable bonds is 4. The van der Waals surface area contributed by atoms with Crippen molar-refractivity contribution in [3.63, 3.8) is 0 Å². The average Bonchev–Trinajstić information content (AvgIpc) is 2.32. The molecular formula is C12H16Cl2FN3O2. The summed E-state index contributed by atoms with van der Waals surface area (Å²) in [6.07, 6.45) is 0.0542. The van der Waals surface area contributed by atoms with Gasteiger partial charge in [-0.05, 0) is 17.0 Å². The highest BCUT2D eigenvalue weighted by molar-refractivity contribution is 6.32. The number of anilines is 1. The molecule has 0 bridgehead atoms. The smallest absolute Gasteiger partial charge is 0.307 e. The van der Waals surface area contributed by atoms with E-state index in [4.69, 9.17) is 23.2 Å². The van der Waals surface area contributed by atoms with Crippen molar-refractivity contribution in [1.29, 1.82) is 0 Å². The molecule has 20 heavy (non-hydrogen) atoms. The van der Waals surface area contributed by atoms with Gasteiger partial charge in [0.2, 0.25) is 11.1 Å². The first-order valence-corrected chi connectivity index (χ1v) is 6.62. The van der Waals surface area contributed by atoms with Gasteiger partial charge in [-0.3, -0.25) is 4.79 Å². The fraction of sp³-hybridized carbons (Fsp3) is 0.583. The standard InChI is InChI=1S/C12H16Cl2FN3O2/c1-12(2,3)6(5-7(19)20-4)16-10-8(15)9(13)17-11(14)18-10/h6H,5H2,1-4H3,(H,16,17,18)/t6-/m1/s1. The SMILES string of the molecule is COC(=O)C[C@@H](Nc1nc(Cl)nc(Cl)c1F)C(C)(C)C. The van der Waals surface area contributed by atoms with Crippen LogP contribution in [0, 0.1) is 11.2 Å². The molecule has 112 valence electrons. The van der Waals surface area contributed by atoms with Gasteiger partial charge in [-0.2, -0.15) is 9.37 Å². The van der Waals surface area contributed by atoms with Crippen molar-refractivity contribution in [2.45, 2.75) is 33.2 Å². The van der Waals surface area contributed by atoms with Crippen LogP contribution in [0.25, 0.3) is 0 Å². The Hall–Kier alpha value is -1.14. The van der Waals surface area contributed by atoms with Crippen LogP contribution >= 0.6 is 23.2 Å². The fourth-order valence-corrected chi connectivity index (χ4v) is 1.86. The first-order chi connectivity index (χ1) is 9.15. The molecule has 1 N–H and O–H groups in total. The van der Waals surface area contributed by atoms with E-state index in [1.807, 2.05) is 20.8 Å². The summed E-state index contributed by atoms with van der Waals surface area (Å²) in [7, 11) is 1.29. The van der Waals surface area contributed by atoms with Crippen molar-refractivity contribution >= 4 is 35.0 Å². The zero-order valence-electron chi connectivity index (χ0n) is 11.6. The maximum Gasteiger partial charge on any atom is 0.307 e. The summed E-state index contributed by atoms with van der Waals surface area (Å²) in [5.41, 5.74) is -0.343. The molecule has 1 aromatic heterocycles. The Labute approximate surface area is 126 Å². The second kappa shape index (κ2) is 6.54. The van der Waals surface area contributed by atoms with E-state index in [1.54, 1.807) is 0 Å². The average molecular weight is 324 g/mol. The summed E-state index contributed by atoms with van der Waals surface area (Å²) in [4.78, 5) is 18.7. The summed E-state index contributed by atoms with van der Waals surface area (Å²) in [5.74, 6) is -1.36. The molecule has 1 rings (SSSR count). The molecule has 8 heteroatoms. The van der Waals surface area contributed by atoms with Crippen molar-refractivity contribution < 1.29 is 13.9 Å². The Bertz CT molecular complexity index is 506. The number of hydrogen-bond donors (Lipinski definition) is 1. The van der Waals surface area contributed by atoms with Crippen LogP contribution in [0.2, 0.25) is 10.4 Å². The third-order valence-electron chi connectivity index (χ3n) is 2.74. The van der Waals surface area contributed by atoms with E-state index in [-0.39, 0.29) is 28.1 Å². The Morgan fingerprint density at radius 3 is 2.50 bits per heavy atom. The number of esters is 1. The Morgan fingerprint density at radius 1 is 1.40 bits per heavy atom. The highest BCUT2D eigenvalue weighted by Crippen LogP contribution is 2.28. The van der Waals surface area contributed by atoms with Gasteiger partial charge < -0.3 is 10.1 Å². The van der Waals surface area contributed by atoms with E-state index in [2.05, 4.69) is 20.0 Å². The van der Waals surface area contributed by atoms with Crippen LogP contribution in [0.3, 0.4) is 0 Å². The molecule has 1 atom stereocenters. The van der Waals surface area contributed by atoms with Crippen LogP contribution in [-0.2, 0) is 9.53 Å². The first-order valence-electron chi connectivity index (χ1n) is 5.87. The minimum absolute atomic E-state index is 0.0542. The molecule has 1 heterocycles. The molecule has 0 fully saturated rings. The van der Waals surface area contributed by atoms with Crippen LogP contribution in [0.15, 0.2) is 0 Å². The molecule has 0 aromatic carbocycles. The van der Waals surface area contributed by atoms with Crippen molar-refractivity contribution in [3.05, 3.63) is 16.3 Å². The van der Waals surface area contributed by atoms with Crippen LogP contribution in [-0.4, -0.2) is 29.1 Å². The number of ether oxygens (including phenoxy) is 1. The molecule has 0 amide bonds. The van der Waals surface area contributed by atoms with E-state index in [0.29, 0.717) is 0 Å². The number of halogens is 3. The molecule has 1 aromatic rings. The molecule has 0 saturated heterocycles. The maximum atomic E-state index is 13.9. The second-order valence-corrected chi connectivity index (χ2v) is 5.99. The number of nitrogens with zero attached hydrogens (tertiary/aromatic N) is 2. The third kappa shape index (κ3) is 4.45. The summed E-state index contributed by atoms with van der Waals surface area (Å²) in [6.45, 7) is 5.70. The number of carbonyl (C=O) groups is 1. The fourth-order valence-electron chi connectivity index (χ4n) is 1.48. The topological polar surface area (TPSA) is 64.1 Å². The number of nitrogens with one attached hydrogen (secondary N) is 1. The monoisotopic (exact) mass is 323 g/mol. The number of carbonyl (C=O) groups excluding carboxylic acids is 1. The van der Waals surface area contributed by atoms with E-state index in [9.17, 15) is 9.18 Å². The van der Waals surface area contributed by atoms with E-state index in [1.165, 1.54) is 7.11 Å². The zero-order valence-corrected chi connectivity index (χ0v) is 13.1. The van der Waals surface area contributed by atoms with E-state index >= 15 is 0 Å². The lowest BCUT2D eigenvalue weighted by Gasteiger charge is -2.31. The Kier molecular flexibility index (Phi) is 5.53. The van der Waals surface area contributed by atoms with Gasteiger partial charge in [-0.15, -0.1) is 0 Å². The largest absolute Gasteiger partial charge is 0.469 e. The maximum absolute atomic E-state index is 13.9. The summed E-state index contributed by atoms with van der Waals surface area (Å²) >= 11 is 11.3. The predicted octanol–water partition coefficient (Wildman–Crippen LogP) is 3.31. The predicted molar refractivity (Wildman–Crippen MR) is 75.5 cm³/mol. The van der Waals surface area contributed by atoms with Gasteiger partial charge in [0.15, 0.2) is 11.0 Å². The van der Waals surface area contributed by atoms with Gasteiger partial charge in [0, 0.05) is 6.04 Å². The molecule has 0 aliphatic heterocycles. The van der Waals surface area contributed by atoms with Gasteiger partial charge in [0.05, 0.1) is 13.5 Å². The molecule has 5 nitrogen and oxygen atoms in total. The molecule has 0 aliphatic carbocycles. The molecule has 0 unspecified atom stereocenters. The molecule has 0 saturated carbocycles. The zero-order chi connectivity index (χ0) is 15.5. The first kappa shape index (κ1) is 16.9. The number of aromatic nitrogens is 2. The Morgan fingerprint density at radius 2 is 2.00 bits per heavy atom. The van der Waals surface area contributed by atoms with Crippen LogP contribution in [0.1, 0.15) is 27.2 Å². The van der Waals surface area contributed by atoms with Crippen molar-refractivity contribution in [2.75, 3.05) is 12.4 Å². The van der Waals surface area contributed by atoms with Crippen molar-refractivity contribution in [2.24, 2.45) is 5.41 Å². The van der Waals surface area contributed by atoms with Gasteiger partial charge in [0.25, 0.3) is 0 Å². The Balaban J connectivity index is 3.04. The number of hydrogen-bond acceptors (Lipinski definition) is 5. The normalized spacial score (nSPS) is 12.9. The van der Waals surface area contributed by atoms with Crippen LogP contribution in [0.5, 0.6) is 0 Å². The van der Waals surface area contributed by atoms with Gasteiger partial charge in [-0.1, -0.05) is 32.4 Å². The lowest BCUT2D eigenvalue weighted by Crippen LogP contribution is -2.37. The van der Waals surface area contributed by atoms with E-state index in [0.717, 1.165) is 0 Å². The lowest BCUT2D eigenvalue weighted by molar-refractivity contribution is -0.141. The molecular weight excluding hydrogens is 308 g/mol. The highest BCUT2D eigenvalue weighted by Gasteiger charge is 2.29. The van der Waals surface area contributed by atoms with Crippen LogP contribution < -0.4 is 5.32 Å². The molecule has 0 aliphatic rings. The lowest BCUT2D eigenvalue weighted by atomic mass is 9.84. The summed E-state index contributed by atoms with van der Waals surface area (Å²) < 4.78 is 18.5. The highest BCUT2D eigenvalue weighted by atomic mass is 35.5. The van der Waals surface area contributed by atoms with Crippen molar-refractivity contribution in [3.8, 4) is 0 Å². The third-order valence-corrected chi connectivity index (χ3v) is 3.16. The number of methoxy groups -OCH3 is 1. The molecule has 0 radical (unpaired) electrons. The molecule has 0 spiro atoms. The summed E-state index contributed by atoms with van der Waals surface area (Å²) in [5, 5.41) is 2.29. The minimum Gasteiger partial charge on any atom is -0.469 e. The minimum atomic E-state index is -0.810. The van der Waals surface area contributed by atoms with Crippen LogP contribution in [0.4, 0.5) is 10.2 Å². The van der Waals surface area contributed by atoms with Crippen molar-refractivity contribution in [1.82, 2.24) is 9.97 Å². The quantitative estimate of drug-likeness (QED) is 0.523. The second-order valence-electron chi connectivity index (χ2n) is 5.29. The summed E-state index contributed by atoms with van der Waals surface area (Å²) in [6, 6.07) is -0.411. The van der Waals surface area contributed by atoms with Gasteiger partial charge in [0.1, 0.15) is 0 Å².